The number of benzene rings is 1. The Morgan fingerprint density at radius 3 is 2.71 bits per heavy atom. The Balaban J connectivity index is 0.00000400. The minimum atomic E-state index is -0.00556. The van der Waals surface area contributed by atoms with E-state index in [1.807, 2.05) is 31.2 Å². The number of ether oxygens (including phenoxy) is 1. The van der Waals surface area contributed by atoms with Crippen LogP contribution in [0.1, 0.15) is 6.92 Å². The molecule has 1 atom stereocenters. The van der Waals surface area contributed by atoms with Crippen molar-refractivity contribution in [3.05, 3.63) is 29.3 Å². The maximum Gasteiger partial charge on any atom is 0.191 e. The molecular weight excluding hydrogens is 421 g/mol. The standard InChI is InChI=1S/C14H22ClN3OS.HI/c1-11(19-13-7-5-4-6-12(13)15)10-18-14(16-2)17-8-9-20-3;/h4-7,11H,8-10H2,1-3H3,(H2,16,17,18);1H. The summed E-state index contributed by atoms with van der Waals surface area (Å²) in [6.45, 7) is 3.54. The van der Waals surface area contributed by atoms with Crippen LogP contribution in [0.3, 0.4) is 0 Å². The first-order valence-electron chi connectivity index (χ1n) is 6.52. The third kappa shape index (κ3) is 8.63. The summed E-state index contributed by atoms with van der Waals surface area (Å²) in [5.41, 5.74) is 0. The highest BCUT2D eigenvalue weighted by Crippen LogP contribution is 2.23. The van der Waals surface area contributed by atoms with Gasteiger partial charge in [-0.2, -0.15) is 11.8 Å². The molecule has 0 saturated heterocycles. The first-order valence-corrected chi connectivity index (χ1v) is 8.29. The molecule has 0 saturated carbocycles. The monoisotopic (exact) mass is 443 g/mol. The first kappa shape index (κ1) is 20.7. The number of hydrogen-bond donors (Lipinski definition) is 2. The fraction of sp³-hybridized carbons (Fsp3) is 0.500. The van der Waals surface area contributed by atoms with Gasteiger partial charge in [0.15, 0.2) is 5.96 Å². The molecule has 120 valence electrons. The predicted molar refractivity (Wildman–Crippen MR) is 105 cm³/mol. The molecule has 2 N–H and O–H groups in total. The van der Waals surface area contributed by atoms with Crippen molar-refractivity contribution in [2.75, 3.05) is 32.1 Å². The van der Waals surface area contributed by atoms with Crippen molar-refractivity contribution >= 4 is 53.3 Å². The van der Waals surface area contributed by atoms with E-state index in [4.69, 9.17) is 16.3 Å². The molecule has 0 bridgehead atoms. The van der Waals surface area contributed by atoms with Gasteiger partial charge in [0.25, 0.3) is 0 Å². The lowest BCUT2D eigenvalue weighted by atomic mass is 10.3. The number of thioether (sulfide) groups is 1. The van der Waals surface area contributed by atoms with E-state index < -0.39 is 0 Å². The normalized spacial score (nSPS) is 12.3. The molecule has 0 aliphatic carbocycles. The van der Waals surface area contributed by atoms with Crippen LogP contribution in [0.2, 0.25) is 5.02 Å². The number of aliphatic imine (C=N–C) groups is 1. The van der Waals surface area contributed by atoms with E-state index in [1.54, 1.807) is 18.8 Å². The summed E-state index contributed by atoms with van der Waals surface area (Å²) in [6, 6.07) is 7.48. The van der Waals surface area contributed by atoms with Crippen molar-refractivity contribution in [1.82, 2.24) is 10.6 Å². The second kappa shape index (κ2) is 12.2. The van der Waals surface area contributed by atoms with Crippen LogP contribution in [0.5, 0.6) is 5.75 Å². The van der Waals surface area contributed by atoms with Crippen LogP contribution in [-0.4, -0.2) is 44.2 Å². The number of rotatable bonds is 7. The van der Waals surface area contributed by atoms with Crippen LogP contribution in [0.15, 0.2) is 29.3 Å². The van der Waals surface area contributed by atoms with E-state index in [2.05, 4.69) is 21.9 Å². The molecule has 7 heteroatoms. The van der Waals surface area contributed by atoms with Crippen molar-refractivity contribution in [2.24, 2.45) is 4.99 Å². The van der Waals surface area contributed by atoms with Crippen LogP contribution in [0, 0.1) is 0 Å². The molecule has 1 unspecified atom stereocenters. The SMILES string of the molecule is CN=C(NCCSC)NCC(C)Oc1ccccc1Cl.I. The molecule has 0 aliphatic heterocycles. The average molecular weight is 444 g/mol. The molecule has 1 aromatic carbocycles. The average Bonchev–Trinajstić information content (AvgIpc) is 2.45. The fourth-order valence-electron chi connectivity index (χ4n) is 1.53. The lowest BCUT2D eigenvalue weighted by Crippen LogP contribution is -2.42. The van der Waals surface area contributed by atoms with Gasteiger partial charge in [-0.3, -0.25) is 4.99 Å². The molecule has 0 heterocycles. The van der Waals surface area contributed by atoms with Gasteiger partial charge in [0.2, 0.25) is 0 Å². The number of hydrogen-bond acceptors (Lipinski definition) is 3. The van der Waals surface area contributed by atoms with E-state index in [0.29, 0.717) is 17.3 Å². The van der Waals surface area contributed by atoms with Gasteiger partial charge in [0.1, 0.15) is 11.9 Å². The summed E-state index contributed by atoms with van der Waals surface area (Å²) in [7, 11) is 1.76. The lowest BCUT2D eigenvalue weighted by Gasteiger charge is -2.18. The molecule has 0 fully saturated rings. The van der Waals surface area contributed by atoms with E-state index >= 15 is 0 Å². The number of halogens is 2. The topological polar surface area (TPSA) is 45.7 Å². The molecule has 0 aliphatic rings. The molecular formula is C14H23ClIN3OS. The summed E-state index contributed by atoms with van der Waals surface area (Å²) in [6.07, 6.45) is 2.08. The predicted octanol–water partition coefficient (Wildman–Crippen LogP) is 3.25. The third-order valence-corrected chi connectivity index (χ3v) is 3.47. The van der Waals surface area contributed by atoms with Crippen molar-refractivity contribution in [3.63, 3.8) is 0 Å². The molecule has 1 rings (SSSR count). The summed E-state index contributed by atoms with van der Waals surface area (Å²) >= 11 is 7.86. The molecule has 0 radical (unpaired) electrons. The first-order chi connectivity index (χ1) is 9.67. The quantitative estimate of drug-likeness (QED) is 0.294. The summed E-state index contributed by atoms with van der Waals surface area (Å²) in [4.78, 5) is 4.16. The molecule has 0 aromatic heterocycles. The zero-order valence-electron chi connectivity index (χ0n) is 12.6. The third-order valence-electron chi connectivity index (χ3n) is 2.54. The zero-order valence-corrected chi connectivity index (χ0v) is 16.5. The molecule has 0 spiro atoms. The Hall–Kier alpha value is -0.340. The Labute approximate surface area is 153 Å². The number of nitrogens with one attached hydrogen (secondary N) is 2. The van der Waals surface area contributed by atoms with Crippen LogP contribution >= 0.6 is 47.3 Å². The molecule has 0 amide bonds. The van der Waals surface area contributed by atoms with Gasteiger partial charge in [0.05, 0.1) is 11.6 Å². The van der Waals surface area contributed by atoms with Crippen molar-refractivity contribution < 1.29 is 4.74 Å². The summed E-state index contributed by atoms with van der Waals surface area (Å²) in [5.74, 6) is 2.54. The smallest absolute Gasteiger partial charge is 0.191 e. The maximum absolute atomic E-state index is 6.06. The van der Waals surface area contributed by atoms with Crippen LogP contribution in [0.25, 0.3) is 0 Å². The van der Waals surface area contributed by atoms with Gasteiger partial charge in [-0.15, -0.1) is 24.0 Å². The van der Waals surface area contributed by atoms with Gasteiger partial charge < -0.3 is 15.4 Å². The molecule has 1 aromatic rings. The minimum Gasteiger partial charge on any atom is -0.487 e. The highest BCUT2D eigenvalue weighted by molar-refractivity contribution is 14.0. The van der Waals surface area contributed by atoms with Crippen LogP contribution in [0.4, 0.5) is 0 Å². The lowest BCUT2D eigenvalue weighted by molar-refractivity contribution is 0.224. The van der Waals surface area contributed by atoms with E-state index in [9.17, 15) is 0 Å². The maximum atomic E-state index is 6.06. The minimum absolute atomic E-state index is 0. The van der Waals surface area contributed by atoms with Crippen molar-refractivity contribution in [2.45, 2.75) is 13.0 Å². The largest absolute Gasteiger partial charge is 0.487 e. The van der Waals surface area contributed by atoms with Crippen LogP contribution in [-0.2, 0) is 0 Å². The highest BCUT2D eigenvalue weighted by Gasteiger charge is 2.07. The van der Waals surface area contributed by atoms with Gasteiger partial charge in [0, 0.05) is 19.3 Å². The van der Waals surface area contributed by atoms with Gasteiger partial charge in [-0.1, -0.05) is 23.7 Å². The Morgan fingerprint density at radius 2 is 2.10 bits per heavy atom. The Bertz CT molecular complexity index is 434. The Morgan fingerprint density at radius 1 is 1.38 bits per heavy atom. The second-order valence-electron chi connectivity index (χ2n) is 4.23. The summed E-state index contributed by atoms with van der Waals surface area (Å²) in [5, 5.41) is 7.09. The van der Waals surface area contributed by atoms with Crippen molar-refractivity contribution in [3.8, 4) is 5.75 Å². The van der Waals surface area contributed by atoms with E-state index in [0.717, 1.165) is 18.3 Å². The summed E-state index contributed by atoms with van der Waals surface area (Å²) < 4.78 is 5.78. The Kier molecular flexibility index (Phi) is 12.0. The van der Waals surface area contributed by atoms with Gasteiger partial charge in [-0.05, 0) is 25.3 Å². The van der Waals surface area contributed by atoms with Crippen molar-refractivity contribution in [1.29, 1.82) is 0 Å². The number of para-hydroxylation sites is 1. The zero-order chi connectivity index (χ0) is 14.8. The molecule has 4 nitrogen and oxygen atoms in total. The second-order valence-corrected chi connectivity index (χ2v) is 5.62. The van der Waals surface area contributed by atoms with E-state index in [-0.39, 0.29) is 30.1 Å². The van der Waals surface area contributed by atoms with E-state index in [1.165, 1.54) is 0 Å². The number of nitrogens with zero attached hydrogens (tertiary/aromatic N) is 1. The molecule has 21 heavy (non-hydrogen) atoms. The highest BCUT2D eigenvalue weighted by atomic mass is 127. The number of guanidine groups is 1. The van der Waals surface area contributed by atoms with Gasteiger partial charge in [-0.25, -0.2) is 0 Å². The van der Waals surface area contributed by atoms with Gasteiger partial charge >= 0.3 is 0 Å². The fourth-order valence-corrected chi connectivity index (χ4v) is 2.02. The van der Waals surface area contributed by atoms with Crippen LogP contribution < -0.4 is 15.4 Å².